The van der Waals surface area contributed by atoms with Crippen LogP contribution in [0.4, 0.5) is 0 Å². The monoisotopic (exact) mass is 389 g/mol. The van der Waals surface area contributed by atoms with Gasteiger partial charge in [0.15, 0.2) is 11.5 Å². The molecule has 1 atom stereocenters. The molecule has 5 heteroatoms. The van der Waals surface area contributed by atoms with Crippen LogP contribution < -0.4 is 9.47 Å². The maximum Gasteiger partial charge on any atom is 0.231 e. The van der Waals surface area contributed by atoms with Gasteiger partial charge in [-0.2, -0.15) is 0 Å². The molecule has 0 N–H and O–H groups in total. The molecule has 0 radical (unpaired) electrons. The summed E-state index contributed by atoms with van der Waals surface area (Å²) in [5.41, 5.74) is 4.83. The summed E-state index contributed by atoms with van der Waals surface area (Å²) in [6.07, 6.45) is 7.59. The molecule has 1 fully saturated rings. The number of fused-ring (bicyclic) bond motifs is 1. The normalized spacial score (nSPS) is 18.7. The molecule has 0 spiro atoms. The van der Waals surface area contributed by atoms with Crippen molar-refractivity contribution in [2.45, 2.75) is 38.8 Å². The summed E-state index contributed by atoms with van der Waals surface area (Å²) < 4.78 is 13.2. The number of benzene rings is 1. The third kappa shape index (κ3) is 3.75. The predicted molar refractivity (Wildman–Crippen MR) is 113 cm³/mol. The molecular formula is C24H27N3O2. The quantitative estimate of drug-likeness (QED) is 0.625. The van der Waals surface area contributed by atoms with Crippen molar-refractivity contribution >= 4 is 0 Å². The number of likely N-dealkylation sites (tertiary alicyclic amines) is 1. The summed E-state index contributed by atoms with van der Waals surface area (Å²) in [5.74, 6) is 2.16. The van der Waals surface area contributed by atoms with E-state index in [-0.39, 0.29) is 0 Å². The van der Waals surface area contributed by atoms with Gasteiger partial charge < -0.3 is 14.0 Å². The molecule has 0 aliphatic carbocycles. The Kier molecular flexibility index (Phi) is 4.76. The second kappa shape index (κ2) is 7.56. The summed E-state index contributed by atoms with van der Waals surface area (Å²) >= 11 is 0. The minimum absolute atomic E-state index is 0.296. The van der Waals surface area contributed by atoms with Crippen LogP contribution in [-0.2, 0) is 6.54 Å². The van der Waals surface area contributed by atoms with Crippen molar-refractivity contribution < 1.29 is 9.47 Å². The Labute approximate surface area is 171 Å². The van der Waals surface area contributed by atoms with Crippen molar-refractivity contribution in [2.24, 2.45) is 0 Å². The van der Waals surface area contributed by atoms with Gasteiger partial charge in [0.1, 0.15) is 0 Å². The van der Waals surface area contributed by atoms with E-state index in [2.05, 4.69) is 65.0 Å². The molecule has 2 aliphatic heterocycles. The highest BCUT2D eigenvalue weighted by molar-refractivity contribution is 5.65. The van der Waals surface area contributed by atoms with Crippen molar-refractivity contribution in [1.29, 1.82) is 0 Å². The SMILES string of the molecule is CC(C)n1ccc(CN2CCC(c3ccnc(-c4ccc5c(c4)OCO5)c3)C2)c1. The lowest BCUT2D eigenvalue weighted by Gasteiger charge is -2.16. The highest BCUT2D eigenvalue weighted by atomic mass is 16.7. The fourth-order valence-corrected chi connectivity index (χ4v) is 4.30. The molecule has 0 saturated carbocycles. The summed E-state index contributed by atoms with van der Waals surface area (Å²) in [6, 6.07) is 13.2. The van der Waals surface area contributed by atoms with Crippen LogP contribution in [-0.4, -0.2) is 34.3 Å². The molecule has 3 aromatic rings. The maximum atomic E-state index is 5.52. The molecule has 1 saturated heterocycles. The van der Waals surface area contributed by atoms with E-state index in [9.17, 15) is 0 Å². The molecule has 0 bridgehead atoms. The second-order valence-electron chi connectivity index (χ2n) is 8.32. The molecule has 150 valence electrons. The number of hydrogen-bond acceptors (Lipinski definition) is 4. The zero-order chi connectivity index (χ0) is 19.8. The summed E-state index contributed by atoms with van der Waals surface area (Å²) in [6.45, 7) is 7.99. The minimum atomic E-state index is 0.296. The van der Waals surface area contributed by atoms with Crippen LogP contribution in [0.2, 0.25) is 0 Å². The summed E-state index contributed by atoms with van der Waals surface area (Å²) in [7, 11) is 0. The first-order chi connectivity index (χ1) is 14.2. The Morgan fingerprint density at radius 1 is 1.10 bits per heavy atom. The van der Waals surface area contributed by atoms with Crippen molar-refractivity contribution in [3.63, 3.8) is 0 Å². The summed E-state index contributed by atoms with van der Waals surface area (Å²) in [4.78, 5) is 7.16. The van der Waals surface area contributed by atoms with Gasteiger partial charge in [0, 0.05) is 43.3 Å². The van der Waals surface area contributed by atoms with Gasteiger partial charge in [-0.3, -0.25) is 9.88 Å². The van der Waals surface area contributed by atoms with Gasteiger partial charge in [0.2, 0.25) is 6.79 Å². The van der Waals surface area contributed by atoms with Crippen molar-refractivity contribution in [2.75, 3.05) is 19.9 Å². The van der Waals surface area contributed by atoms with E-state index in [1.54, 1.807) is 0 Å². The van der Waals surface area contributed by atoms with Crippen molar-refractivity contribution in [3.8, 4) is 22.8 Å². The zero-order valence-corrected chi connectivity index (χ0v) is 17.0. The van der Waals surface area contributed by atoms with E-state index < -0.39 is 0 Å². The largest absolute Gasteiger partial charge is 0.454 e. The lowest BCUT2D eigenvalue weighted by molar-refractivity contribution is 0.174. The van der Waals surface area contributed by atoms with E-state index in [4.69, 9.17) is 9.47 Å². The van der Waals surface area contributed by atoms with Gasteiger partial charge in [-0.1, -0.05) is 0 Å². The Bertz CT molecular complexity index is 1010. The van der Waals surface area contributed by atoms with Crippen LogP contribution in [0, 0.1) is 0 Å². The molecule has 1 aromatic carbocycles. The molecular weight excluding hydrogens is 362 g/mol. The van der Waals surface area contributed by atoms with Crippen molar-refractivity contribution in [3.05, 3.63) is 66.1 Å². The molecule has 1 unspecified atom stereocenters. The van der Waals surface area contributed by atoms with Crippen LogP contribution in [0.25, 0.3) is 11.3 Å². The third-order valence-electron chi connectivity index (χ3n) is 5.97. The number of nitrogens with zero attached hydrogens (tertiary/aromatic N) is 3. The Morgan fingerprint density at radius 3 is 2.86 bits per heavy atom. The van der Waals surface area contributed by atoms with E-state index in [0.29, 0.717) is 18.8 Å². The van der Waals surface area contributed by atoms with Crippen LogP contribution in [0.5, 0.6) is 11.5 Å². The minimum Gasteiger partial charge on any atom is -0.454 e. The number of pyridine rings is 1. The predicted octanol–water partition coefficient (Wildman–Crippen LogP) is 4.85. The molecule has 4 heterocycles. The van der Waals surface area contributed by atoms with Crippen LogP contribution in [0.1, 0.15) is 43.4 Å². The first kappa shape index (κ1) is 18.3. The molecule has 0 amide bonds. The Balaban J connectivity index is 1.28. The first-order valence-corrected chi connectivity index (χ1v) is 10.4. The molecule has 5 nitrogen and oxygen atoms in total. The molecule has 2 aliphatic rings. The fourth-order valence-electron chi connectivity index (χ4n) is 4.30. The van der Waals surface area contributed by atoms with Gasteiger partial charge in [0.05, 0.1) is 5.69 Å². The fraction of sp³-hybridized carbons (Fsp3) is 0.375. The zero-order valence-electron chi connectivity index (χ0n) is 17.0. The maximum absolute atomic E-state index is 5.52. The van der Waals surface area contributed by atoms with Gasteiger partial charge >= 0.3 is 0 Å². The van der Waals surface area contributed by atoms with E-state index in [1.165, 1.54) is 17.5 Å². The molecule has 29 heavy (non-hydrogen) atoms. The highest BCUT2D eigenvalue weighted by Crippen LogP contribution is 2.36. The Morgan fingerprint density at radius 2 is 2.00 bits per heavy atom. The second-order valence-corrected chi connectivity index (χ2v) is 8.32. The smallest absolute Gasteiger partial charge is 0.231 e. The number of aromatic nitrogens is 2. The van der Waals surface area contributed by atoms with Gasteiger partial charge in [-0.25, -0.2) is 0 Å². The Hall–Kier alpha value is -2.79. The number of ether oxygens (including phenoxy) is 2. The lowest BCUT2D eigenvalue weighted by atomic mass is 9.97. The van der Waals surface area contributed by atoms with Crippen LogP contribution in [0.3, 0.4) is 0 Å². The van der Waals surface area contributed by atoms with Gasteiger partial charge in [0.25, 0.3) is 0 Å². The standard InChI is InChI=1S/C24H27N3O2/c1-17(2)27-10-6-18(14-27)13-26-9-7-21(15-26)19-5-8-25-22(11-19)20-3-4-23-24(12-20)29-16-28-23/h3-6,8,10-12,14,17,21H,7,9,13,15-16H2,1-2H3. The number of rotatable bonds is 5. The average Bonchev–Trinajstić information content (AvgIpc) is 3.48. The topological polar surface area (TPSA) is 39.5 Å². The average molecular weight is 389 g/mol. The van der Waals surface area contributed by atoms with E-state index in [1.807, 2.05) is 18.3 Å². The molecule has 2 aromatic heterocycles. The van der Waals surface area contributed by atoms with Crippen LogP contribution in [0.15, 0.2) is 55.0 Å². The lowest BCUT2D eigenvalue weighted by Crippen LogP contribution is -2.19. The number of hydrogen-bond donors (Lipinski definition) is 0. The van der Waals surface area contributed by atoms with Gasteiger partial charge in [-0.15, -0.1) is 0 Å². The van der Waals surface area contributed by atoms with E-state index >= 15 is 0 Å². The van der Waals surface area contributed by atoms with E-state index in [0.717, 1.165) is 42.4 Å². The third-order valence-corrected chi connectivity index (χ3v) is 5.97. The highest BCUT2D eigenvalue weighted by Gasteiger charge is 2.25. The first-order valence-electron chi connectivity index (χ1n) is 10.4. The summed E-state index contributed by atoms with van der Waals surface area (Å²) in [5, 5.41) is 0. The molecule has 5 rings (SSSR count). The van der Waals surface area contributed by atoms with Crippen molar-refractivity contribution in [1.82, 2.24) is 14.5 Å². The van der Waals surface area contributed by atoms with Gasteiger partial charge in [-0.05, 0) is 80.3 Å². The van der Waals surface area contributed by atoms with Crippen LogP contribution >= 0.6 is 0 Å².